The van der Waals surface area contributed by atoms with E-state index >= 15 is 0 Å². The molecular formula is C19H28O3. The van der Waals surface area contributed by atoms with Gasteiger partial charge in [-0.15, -0.1) is 6.58 Å². The highest BCUT2D eigenvalue weighted by Crippen LogP contribution is 2.42. The molecule has 1 N–H and O–H groups in total. The van der Waals surface area contributed by atoms with Crippen LogP contribution in [0.15, 0.2) is 36.9 Å². The molecule has 22 heavy (non-hydrogen) atoms. The van der Waals surface area contributed by atoms with Gasteiger partial charge in [-0.25, -0.2) is 0 Å². The van der Waals surface area contributed by atoms with Crippen LogP contribution in [0.25, 0.3) is 0 Å². The Morgan fingerprint density at radius 3 is 2.73 bits per heavy atom. The van der Waals surface area contributed by atoms with Crippen LogP contribution < -0.4 is 4.74 Å². The molecule has 1 fully saturated rings. The van der Waals surface area contributed by atoms with Gasteiger partial charge in [0.05, 0.1) is 25.9 Å². The average molecular weight is 304 g/mol. The van der Waals surface area contributed by atoms with E-state index in [4.69, 9.17) is 9.47 Å². The first-order valence-corrected chi connectivity index (χ1v) is 8.13. The van der Waals surface area contributed by atoms with E-state index in [0.29, 0.717) is 13.0 Å². The number of hydrogen-bond donors (Lipinski definition) is 1. The van der Waals surface area contributed by atoms with Crippen LogP contribution in [0.1, 0.15) is 44.6 Å². The number of aliphatic hydroxyl groups excluding tert-OH is 1. The molecule has 0 bridgehead atoms. The number of aliphatic hydroxyl groups is 1. The molecule has 0 aromatic heterocycles. The fourth-order valence-corrected chi connectivity index (χ4v) is 3.33. The number of methoxy groups -OCH3 is 1. The van der Waals surface area contributed by atoms with Crippen molar-refractivity contribution < 1.29 is 14.6 Å². The van der Waals surface area contributed by atoms with Crippen LogP contribution in [0.4, 0.5) is 0 Å². The summed E-state index contributed by atoms with van der Waals surface area (Å²) in [4.78, 5) is 0. The summed E-state index contributed by atoms with van der Waals surface area (Å²) in [5, 5.41) is 10.5. The summed E-state index contributed by atoms with van der Waals surface area (Å²) in [5.74, 6) is 0.854. The standard InChI is InChI=1S/C19H28O3/c1-4-7-17(20)19(2)13-6-5-8-18(19)22-14-15-9-11-16(21-3)12-10-15/h4,9-12,17-18,20H,1,5-8,13-14H2,2-3H3/t17-,18+,19-/m1/s1. The number of benzene rings is 1. The molecule has 1 aromatic carbocycles. The molecule has 3 nitrogen and oxygen atoms in total. The lowest BCUT2D eigenvalue weighted by Gasteiger charge is -2.44. The molecule has 0 saturated heterocycles. The van der Waals surface area contributed by atoms with E-state index in [2.05, 4.69) is 13.5 Å². The number of hydrogen-bond acceptors (Lipinski definition) is 3. The quantitative estimate of drug-likeness (QED) is 0.771. The Labute approximate surface area is 134 Å². The molecule has 3 atom stereocenters. The Morgan fingerprint density at radius 2 is 2.09 bits per heavy atom. The van der Waals surface area contributed by atoms with E-state index in [0.717, 1.165) is 30.6 Å². The lowest BCUT2D eigenvalue weighted by Crippen LogP contribution is -2.46. The molecule has 2 rings (SSSR count). The second kappa shape index (κ2) is 7.80. The minimum Gasteiger partial charge on any atom is -0.497 e. The van der Waals surface area contributed by atoms with Crippen LogP contribution in [-0.4, -0.2) is 24.4 Å². The lowest BCUT2D eigenvalue weighted by atomic mass is 9.68. The molecule has 1 aliphatic rings. The molecule has 0 amide bonds. The normalized spacial score (nSPS) is 26.4. The average Bonchev–Trinajstić information content (AvgIpc) is 2.55. The van der Waals surface area contributed by atoms with E-state index in [-0.39, 0.29) is 17.6 Å². The van der Waals surface area contributed by atoms with Gasteiger partial charge in [0.25, 0.3) is 0 Å². The summed E-state index contributed by atoms with van der Waals surface area (Å²) in [7, 11) is 1.67. The second-order valence-electron chi connectivity index (χ2n) is 6.44. The van der Waals surface area contributed by atoms with Gasteiger partial charge in [-0.05, 0) is 37.0 Å². The molecule has 3 heteroatoms. The van der Waals surface area contributed by atoms with Crippen molar-refractivity contribution in [2.75, 3.05) is 7.11 Å². The maximum absolute atomic E-state index is 10.5. The molecule has 0 spiro atoms. The van der Waals surface area contributed by atoms with Crippen LogP contribution >= 0.6 is 0 Å². The van der Waals surface area contributed by atoms with E-state index in [1.165, 1.54) is 6.42 Å². The number of rotatable bonds is 7. The molecule has 1 aliphatic carbocycles. The summed E-state index contributed by atoms with van der Waals surface area (Å²) in [5.41, 5.74) is 0.950. The van der Waals surface area contributed by atoms with E-state index < -0.39 is 0 Å². The monoisotopic (exact) mass is 304 g/mol. The maximum Gasteiger partial charge on any atom is 0.118 e. The second-order valence-corrected chi connectivity index (χ2v) is 6.44. The fraction of sp³-hybridized carbons (Fsp3) is 0.579. The van der Waals surface area contributed by atoms with E-state index in [1.54, 1.807) is 13.2 Å². The highest BCUT2D eigenvalue weighted by atomic mass is 16.5. The van der Waals surface area contributed by atoms with Crippen LogP contribution in [0, 0.1) is 5.41 Å². The minimum atomic E-state index is -0.383. The van der Waals surface area contributed by atoms with Crippen molar-refractivity contribution in [2.45, 2.75) is 57.8 Å². The maximum atomic E-state index is 10.5. The summed E-state index contributed by atoms with van der Waals surface area (Å²) in [6.45, 7) is 6.48. The van der Waals surface area contributed by atoms with Crippen LogP contribution in [0.5, 0.6) is 5.75 Å². The zero-order valence-electron chi connectivity index (χ0n) is 13.8. The molecule has 1 saturated carbocycles. The zero-order chi connectivity index (χ0) is 16.0. The Balaban J connectivity index is 2.00. The van der Waals surface area contributed by atoms with Crippen LogP contribution in [0.2, 0.25) is 0 Å². The van der Waals surface area contributed by atoms with Crippen molar-refractivity contribution in [3.8, 4) is 5.75 Å². The van der Waals surface area contributed by atoms with Gasteiger partial charge in [-0.2, -0.15) is 0 Å². The van der Waals surface area contributed by atoms with Gasteiger partial charge in [-0.1, -0.05) is 38.0 Å². The third-order valence-corrected chi connectivity index (χ3v) is 4.93. The minimum absolute atomic E-state index is 0.0956. The van der Waals surface area contributed by atoms with Gasteiger partial charge < -0.3 is 14.6 Å². The number of ether oxygens (including phenoxy) is 2. The van der Waals surface area contributed by atoms with Crippen LogP contribution in [-0.2, 0) is 11.3 Å². The largest absolute Gasteiger partial charge is 0.497 e. The Morgan fingerprint density at radius 1 is 1.36 bits per heavy atom. The van der Waals surface area contributed by atoms with Gasteiger partial charge in [0.2, 0.25) is 0 Å². The molecule has 0 heterocycles. The van der Waals surface area contributed by atoms with Gasteiger partial charge in [0.15, 0.2) is 0 Å². The van der Waals surface area contributed by atoms with Crippen molar-refractivity contribution in [2.24, 2.45) is 5.41 Å². The molecule has 0 aliphatic heterocycles. The molecule has 0 unspecified atom stereocenters. The van der Waals surface area contributed by atoms with Gasteiger partial charge in [0, 0.05) is 5.41 Å². The Bertz CT molecular complexity index is 468. The smallest absolute Gasteiger partial charge is 0.118 e. The molecular weight excluding hydrogens is 276 g/mol. The highest BCUT2D eigenvalue weighted by Gasteiger charge is 2.42. The summed E-state index contributed by atoms with van der Waals surface area (Å²) in [6, 6.07) is 7.95. The zero-order valence-corrected chi connectivity index (χ0v) is 13.8. The summed E-state index contributed by atoms with van der Waals surface area (Å²) >= 11 is 0. The lowest BCUT2D eigenvalue weighted by molar-refractivity contribution is -0.120. The fourth-order valence-electron chi connectivity index (χ4n) is 3.33. The van der Waals surface area contributed by atoms with Crippen molar-refractivity contribution in [1.82, 2.24) is 0 Å². The highest BCUT2D eigenvalue weighted by molar-refractivity contribution is 5.26. The predicted molar refractivity (Wildman–Crippen MR) is 89.0 cm³/mol. The summed E-state index contributed by atoms with van der Waals surface area (Å²) in [6.07, 6.45) is 6.49. The van der Waals surface area contributed by atoms with Crippen molar-refractivity contribution in [3.05, 3.63) is 42.5 Å². The van der Waals surface area contributed by atoms with E-state index in [9.17, 15) is 5.11 Å². The van der Waals surface area contributed by atoms with Crippen molar-refractivity contribution in [3.63, 3.8) is 0 Å². The van der Waals surface area contributed by atoms with Crippen molar-refractivity contribution in [1.29, 1.82) is 0 Å². The third kappa shape index (κ3) is 3.90. The summed E-state index contributed by atoms with van der Waals surface area (Å²) < 4.78 is 11.4. The Kier molecular flexibility index (Phi) is 6.04. The van der Waals surface area contributed by atoms with E-state index in [1.807, 2.05) is 24.3 Å². The van der Waals surface area contributed by atoms with Gasteiger partial charge >= 0.3 is 0 Å². The molecule has 122 valence electrons. The Hall–Kier alpha value is -1.32. The predicted octanol–water partition coefficient (Wildman–Crippen LogP) is 4.10. The van der Waals surface area contributed by atoms with Crippen molar-refractivity contribution >= 4 is 0 Å². The van der Waals surface area contributed by atoms with Gasteiger partial charge in [0.1, 0.15) is 5.75 Å². The first-order chi connectivity index (χ1) is 10.6. The molecule has 1 aromatic rings. The van der Waals surface area contributed by atoms with Gasteiger partial charge in [-0.3, -0.25) is 0 Å². The first-order valence-electron chi connectivity index (χ1n) is 8.13. The molecule has 0 radical (unpaired) electrons. The SMILES string of the molecule is C=CC[C@@H](O)[C@@]1(C)CCCC[C@@H]1OCc1ccc(OC)cc1. The third-order valence-electron chi connectivity index (χ3n) is 4.93. The van der Waals surface area contributed by atoms with Crippen LogP contribution in [0.3, 0.4) is 0 Å². The topological polar surface area (TPSA) is 38.7 Å². The first kappa shape index (κ1) is 17.0.